The lowest BCUT2D eigenvalue weighted by atomic mass is 10.3. The van der Waals surface area contributed by atoms with Gasteiger partial charge < -0.3 is 29.9 Å². The molecule has 0 aliphatic carbocycles. The van der Waals surface area contributed by atoms with Gasteiger partial charge in [0.1, 0.15) is 11.5 Å². The van der Waals surface area contributed by atoms with E-state index in [0.29, 0.717) is 0 Å². The van der Waals surface area contributed by atoms with Crippen molar-refractivity contribution in [3.8, 4) is 34.5 Å². The van der Waals surface area contributed by atoms with E-state index in [4.69, 9.17) is 19.7 Å². The van der Waals surface area contributed by atoms with Gasteiger partial charge in [-0.3, -0.25) is 0 Å². The number of phenolic OH excluding ortho intramolecular Hbond substituents is 4. The van der Waals surface area contributed by atoms with Crippen molar-refractivity contribution < 1.29 is 34.7 Å². The van der Waals surface area contributed by atoms with E-state index in [9.17, 15) is 15.0 Å². The van der Waals surface area contributed by atoms with Crippen LogP contribution in [0.1, 0.15) is 0 Å². The summed E-state index contributed by atoms with van der Waals surface area (Å²) in [7, 11) is 0. The van der Waals surface area contributed by atoms with Crippen LogP contribution in [0.5, 0.6) is 34.5 Å². The summed E-state index contributed by atoms with van der Waals surface area (Å²) in [4.78, 5) is 11.5. The van der Waals surface area contributed by atoms with Crippen LogP contribution in [0.2, 0.25) is 0 Å². The van der Waals surface area contributed by atoms with Crippen molar-refractivity contribution in [2.75, 3.05) is 0 Å². The third-order valence-corrected chi connectivity index (χ3v) is 2.27. The van der Waals surface area contributed by atoms with Crippen LogP contribution in [0.15, 0.2) is 36.4 Å². The van der Waals surface area contributed by atoms with Gasteiger partial charge in [0, 0.05) is 12.1 Å². The maximum Gasteiger partial charge on any atom is 0.519 e. The summed E-state index contributed by atoms with van der Waals surface area (Å²) in [6, 6.07) is 6.73. The highest BCUT2D eigenvalue weighted by molar-refractivity contribution is 5.69. The van der Waals surface area contributed by atoms with Gasteiger partial charge in [0.25, 0.3) is 0 Å². The van der Waals surface area contributed by atoms with Gasteiger partial charge in [-0.15, -0.1) is 0 Å². The van der Waals surface area contributed by atoms with Crippen molar-refractivity contribution in [1.82, 2.24) is 0 Å². The van der Waals surface area contributed by atoms with Crippen LogP contribution in [-0.4, -0.2) is 26.6 Å². The number of hydrogen-bond donors (Lipinski definition) is 4. The number of carbonyl (C=O) groups is 1. The standard InChI is InChI=1S/C13H10O7/c14-7-1-3-11(9(16)5-7)19-13(18)20-12-4-2-8(15)6-10(12)17/h1-6,14-17H. The van der Waals surface area contributed by atoms with Crippen LogP contribution in [0.3, 0.4) is 0 Å². The molecule has 0 aliphatic heterocycles. The van der Waals surface area contributed by atoms with Crippen LogP contribution < -0.4 is 9.47 Å². The summed E-state index contributed by atoms with van der Waals surface area (Å²) in [6.07, 6.45) is -1.20. The zero-order valence-electron chi connectivity index (χ0n) is 9.98. The first kappa shape index (κ1) is 13.3. The van der Waals surface area contributed by atoms with Gasteiger partial charge in [0.05, 0.1) is 0 Å². The summed E-state index contributed by atoms with van der Waals surface area (Å²) in [5.74, 6) is -1.72. The van der Waals surface area contributed by atoms with Crippen molar-refractivity contribution >= 4 is 6.16 Å². The molecule has 0 radical (unpaired) electrons. The molecule has 7 nitrogen and oxygen atoms in total. The molecule has 7 heteroatoms. The highest BCUT2D eigenvalue weighted by atomic mass is 16.7. The monoisotopic (exact) mass is 278 g/mol. The second-order valence-electron chi connectivity index (χ2n) is 3.76. The van der Waals surface area contributed by atoms with E-state index in [-0.39, 0.29) is 23.0 Å². The lowest BCUT2D eigenvalue weighted by Crippen LogP contribution is -2.13. The first-order valence-electron chi connectivity index (χ1n) is 5.39. The molecule has 2 aromatic carbocycles. The Morgan fingerprint density at radius 3 is 1.50 bits per heavy atom. The summed E-state index contributed by atoms with van der Waals surface area (Å²) in [5.41, 5.74) is 0. The number of rotatable bonds is 2. The molecule has 0 aliphatic rings. The number of carbonyl (C=O) groups excluding carboxylic acids is 1. The Hall–Kier alpha value is -3.09. The van der Waals surface area contributed by atoms with Crippen molar-refractivity contribution in [1.29, 1.82) is 0 Å². The lowest BCUT2D eigenvalue weighted by Gasteiger charge is -2.08. The Morgan fingerprint density at radius 1 is 0.750 bits per heavy atom. The minimum Gasteiger partial charge on any atom is -0.508 e. The largest absolute Gasteiger partial charge is 0.519 e. The summed E-state index contributed by atoms with van der Waals surface area (Å²) < 4.78 is 9.39. The number of aromatic hydroxyl groups is 4. The second-order valence-corrected chi connectivity index (χ2v) is 3.76. The average Bonchev–Trinajstić information content (AvgIpc) is 2.36. The molecule has 0 bridgehead atoms. The number of hydrogen-bond acceptors (Lipinski definition) is 7. The second kappa shape index (κ2) is 5.27. The quantitative estimate of drug-likeness (QED) is 0.491. The van der Waals surface area contributed by atoms with Crippen molar-refractivity contribution in [3.05, 3.63) is 36.4 Å². The van der Waals surface area contributed by atoms with Crippen LogP contribution in [-0.2, 0) is 0 Å². The van der Waals surface area contributed by atoms with E-state index in [1.54, 1.807) is 0 Å². The molecule has 2 aromatic rings. The van der Waals surface area contributed by atoms with E-state index in [1.807, 2.05) is 0 Å². The first-order chi connectivity index (χ1) is 9.45. The molecule has 0 fully saturated rings. The Kier molecular flexibility index (Phi) is 3.52. The first-order valence-corrected chi connectivity index (χ1v) is 5.39. The van der Waals surface area contributed by atoms with Crippen molar-refractivity contribution in [2.24, 2.45) is 0 Å². The van der Waals surface area contributed by atoms with Gasteiger partial charge in [-0.05, 0) is 24.3 Å². The van der Waals surface area contributed by atoms with Crippen molar-refractivity contribution in [3.63, 3.8) is 0 Å². The Labute approximate surface area is 112 Å². The van der Waals surface area contributed by atoms with E-state index < -0.39 is 17.7 Å². The molecule has 0 spiro atoms. The van der Waals surface area contributed by atoms with E-state index in [2.05, 4.69) is 0 Å². The fraction of sp³-hybridized carbons (Fsp3) is 0. The summed E-state index contributed by atoms with van der Waals surface area (Å²) >= 11 is 0. The van der Waals surface area contributed by atoms with Gasteiger partial charge in [-0.2, -0.15) is 0 Å². The van der Waals surface area contributed by atoms with E-state index in [1.165, 1.54) is 24.3 Å². The molecule has 2 rings (SSSR count). The molecule has 0 aromatic heterocycles. The van der Waals surface area contributed by atoms with Crippen LogP contribution in [0.4, 0.5) is 4.79 Å². The zero-order valence-corrected chi connectivity index (χ0v) is 9.98. The SMILES string of the molecule is O=C(Oc1ccc(O)cc1O)Oc1ccc(O)cc1O. The molecule has 0 amide bonds. The third kappa shape index (κ3) is 3.02. The van der Waals surface area contributed by atoms with Crippen molar-refractivity contribution in [2.45, 2.75) is 0 Å². The minimum atomic E-state index is -1.20. The molecule has 0 saturated heterocycles. The van der Waals surface area contributed by atoms with Crippen LogP contribution in [0.25, 0.3) is 0 Å². The maximum absolute atomic E-state index is 11.5. The predicted octanol–water partition coefficient (Wildman–Crippen LogP) is 2.09. The number of ether oxygens (including phenoxy) is 2. The number of benzene rings is 2. The van der Waals surface area contributed by atoms with Gasteiger partial charge in [0.2, 0.25) is 0 Å². The molecular formula is C13H10O7. The summed E-state index contributed by atoms with van der Waals surface area (Å²) in [5, 5.41) is 37.0. The molecule has 0 saturated carbocycles. The third-order valence-electron chi connectivity index (χ3n) is 2.27. The predicted molar refractivity (Wildman–Crippen MR) is 66.2 cm³/mol. The van der Waals surface area contributed by atoms with Gasteiger partial charge in [0.15, 0.2) is 23.0 Å². The van der Waals surface area contributed by atoms with Crippen LogP contribution >= 0.6 is 0 Å². The van der Waals surface area contributed by atoms with Crippen LogP contribution in [0, 0.1) is 0 Å². The topological polar surface area (TPSA) is 116 Å². The van der Waals surface area contributed by atoms with E-state index in [0.717, 1.165) is 12.1 Å². The zero-order chi connectivity index (χ0) is 14.7. The van der Waals surface area contributed by atoms with E-state index >= 15 is 0 Å². The molecule has 0 atom stereocenters. The van der Waals surface area contributed by atoms with Gasteiger partial charge in [-0.1, -0.05) is 0 Å². The normalized spacial score (nSPS) is 10.0. The number of phenols is 4. The molecule has 0 unspecified atom stereocenters. The molecular weight excluding hydrogens is 268 g/mol. The molecule has 4 N–H and O–H groups in total. The Morgan fingerprint density at radius 2 is 1.15 bits per heavy atom. The highest BCUT2D eigenvalue weighted by Gasteiger charge is 2.14. The lowest BCUT2D eigenvalue weighted by molar-refractivity contribution is 0.148. The smallest absolute Gasteiger partial charge is 0.508 e. The van der Waals surface area contributed by atoms with Gasteiger partial charge in [-0.25, -0.2) is 4.79 Å². The fourth-order valence-corrected chi connectivity index (χ4v) is 1.38. The van der Waals surface area contributed by atoms with Gasteiger partial charge >= 0.3 is 6.16 Å². The Bertz CT molecular complexity index is 596. The fourth-order valence-electron chi connectivity index (χ4n) is 1.38. The minimum absolute atomic E-state index is 0.195. The Balaban J connectivity index is 2.09. The maximum atomic E-state index is 11.5. The highest BCUT2D eigenvalue weighted by Crippen LogP contribution is 2.32. The summed E-state index contributed by atoms with van der Waals surface area (Å²) in [6.45, 7) is 0. The molecule has 0 heterocycles. The molecule has 104 valence electrons. The molecule has 20 heavy (non-hydrogen) atoms. The average molecular weight is 278 g/mol.